The standard InChI is InChI=1S/C23H27F2N3O3S/c1-4-31-14-23(11-12-23)16-7-5-15(6-8-16)20-22(2,18-10-9-17(24)13-19(18)25)27-21(26)28(3)32(20,29)30/h5-10,13,20H,4,11-12,14H2,1-3H3,(H2,26,27)/t20-,22-/m1/s1. The number of hydrogen-bond donors (Lipinski definition) is 2. The lowest BCUT2D eigenvalue weighted by atomic mass is 9.83. The Kier molecular flexibility index (Phi) is 5.53. The minimum absolute atomic E-state index is 0.0237. The van der Waals surface area contributed by atoms with Crippen LogP contribution in [0.25, 0.3) is 0 Å². The predicted molar refractivity (Wildman–Crippen MR) is 118 cm³/mol. The van der Waals surface area contributed by atoms with E-state index < -0.39 is 32.4 Å². The van der Waals surface area contributed by atoms with Crippen LogP contribution < -0.4 is 5.32 Å². The summed E-state index contributed by atoms with van der Waals surface area (Å²) >= 11 is 0. The van der Waals surface area contributed by atoms with Crippen molar-refractivity contribution < 1.29 is 21.9 Å². The number of nitrogens with zero attached hydrogens (tertiary/aromatic N) is 1. The van der Waals surface area contributed by atoms with E-state index in [2.05, 4.69) is 5.32 Å². The zero-order valence-corrected chi connectivity index (χ0v) is 19.1. The highest BCUT2D eigenvalue weighted by molar-refractivity contribution is 7.90. The van der Waals surface area contributed by atoms with E-state index in [0.29, 0.717) is 18.8 Å². The molecule has 2 N–H and O–H groups in total. The number of rotatable bonds is 6. The van der Waals surface area contributed by atoms with Gasteiger partial charge in [-0.05, 0) is 43.9 Å². The summed E-state index contributed by atoms with van der Waals surface area (Å²) in [5, 5.41) is 9.76. The molecule has 1 saturated carbocycles. The van der Waals surface area contributed by atoms with Crippen molar-refractivity contribution in [1.82, 2.24) is 9.62 Å². The van der Waals surface area contributed by atoms with E-state index >= 15 is 0 Å². The highest BCUT2D eigenvalue weighted by Gasteiger charge is 2.53. The summed E-state index contributed by atoms with van der Waals surface area (Å²) in [6, 6.07) is 10.3. The lowest BCUT2D eigenvalue weighted by molar-refractivity contribution is 0.125. The van der Waals surface area contributed by atoms with Gasteiger partial charge in [-0.15, -0.1) is 0 Å². The molecule has 1 heterocycles. The first-order chi connectivity index (χ1) is 15.0. The summed E-state index contributed by atoms with van der Waals surface area (Å²) in [5.41, 5.74) is -0.0523. The third-order valence-corrected chi connectivity index (χ3v) is 8.93. The molecule has 2 atom stereocenters. The van der Waals surface area contributed by atoms with Crippen LogP contribution >= 0.6 is 0 Å². The zero-order valence-electron chi connectivity index (χ0n) is 18.3. The molecule has 6 nitrogen and oxygen atoms in total. The number of halogens is 2. The van der Waals surface area contributed by atoms with Crippen molar-refractivity contribution in [3.05, 3.63) is 70.8 Å². The minimum atomic E-state index is -4.07. The average Bonchev–Trinajstić information content (AvgIpc) is 3.52. The maximum Gasteiger partial charge on any atom is 0.246 e. The van der Waals surface area contributed by atoms with Crippen LogP contribution in [0.3, 0.4) is 0 Å². The molecule has 1 aliphatic heterocycles. The lowest BCUT2D eigenvalue weighted by Crippen LogP contribution is -2.62. The number of benzene rings is 2. The molecule has 0 unspecified atom stereocenters. The van der Waals surface area contributed by atoms with Crippen molar-refractivity contribution in [2.45, 2.75) is 42.9 Å². The largest absolute Gasteiger partial charge is 0.381 e. The molecule has 0 bridgehead atoms. The average molecular weight is 464 g/mol. The van der Waals surface area contributed by atoms with Gasteiger partial charge in [-0.1, -0.05) is 30.3 Å². The number of sulfonamides is 1. The maximum absolute atomic E-state index is 14.8. The van der Waals surface area contributed by atoms with Crippen molar-refractivity contribution in [3.63, 3.8) is 0 Å². The summed E-state index contributed by atoms with van der Waals surface area (Å²) in [7, 11) is -2.79. The van der Waals surface area contributed by atoms with Gasteiger partial charge in [-0.25, -0.2) is 21.5 Å². The normalized spacial score (nSPS) is 26.0. The van der Waals surface area contributed by atoms with E-state index in [-0.39, 0.29) is 16.9 Å². The minimum Gasteiger partial charge on any atom is -0.381 e. The van der Waals surface area contributed by atoms with Gasteiger partial charge in [-0.3, -0.25) is 5.41 Å². The van der Waals surface area contributed by atoms with Crippen molar-refractivity contribution >= 4 is 16.0 Å². The molecular weight excluding hydrogens is 436 g/mol. The molecule has 0 aromatic heterocycles. The van der Waals surface area contributed by atoms with Crippen LogP contribution in [0, 0.1) is 17.0 Å². The van der Waals surface area contributed by atoms with Crippen LogP contribution in [-0.2, 0) is 25.7 Å². The van der Waals surface area contributed by atoms with Gasteiger partial charge in [0.1, 0.15) is 16.9 Å². The SMILES string of the molecule is CCOCC1(c2ccc([C@@H]3[C@@](C)(c4ccc(F)cc4F)NC(=N)N(C)S3(=O)=O)cc2)CC1. The second-order valence-electron chi connectivity index (χ2n) is 8.73. The maximum atomic E-state index is 14.8. The quantitative estimate of drug-likeness (QED) is 0.683. The van der Waals surface area contributed by atoms with Gasteiger partial charge < -0.3 is 10.1 Å². The Morgan fingerprint density at radius 2 is 1.84 bits per heavy atom. The van der Waals surface area contributed by atoms with Gasteiger partial charge in [0.2, 0.25) is 16.0 Å². The molecule has 2 aromatic carbocycles. The van der Waals surface area contributed by atoms with E-state index in [1.165, 1.54) is 20.0 Å². The van der Waals surface area contributed by atoms with Crippen molar-refractivity contribution in [1.29, 1.82) is 5.41 Å². The molecule has 4 rings (SSSR count). The zero-order chi connectivity index (χ0) is 23.3. The monoisotopic (exact) mass is 463 g/mol. The Balaban J connectivity index is 1.80. The molecule has 0 amide bonds. The summed E-state index contributed by atoms with van der Waals surface area (Å²) in [4.78, 5) is 0. The number of nitrogens with one attached hydrogen (secondary N) is 2. The van der Waals surface area contributed by atoms with Gasteiger partial charge in [0, 0.05) is 30.7 Å². The van der Waals surface area contributed by atoms with Crippen LogP contribution in [0.4, 0.5) is 8.78 Å². The lowest BCUT2D eigenvalue weighted by Gasteiger charge is -2.46. The molecule has 1 aliphatic carbocycles. The topological polar surface area (TPSA) is 82.5 Å². The van der Waals surface area contributed by atoms with Gasteiger partial charge in [-0.2, -0.15) is 0 Å². The van der Waals surface area contributed by atoms with Crippen LogP contribution in [0.1, 0.15) is 48.6 Å². The van der Waals surface area contributed by atoms with E-state index in [9.17, 15) is 17.2 Å². The first kappa shape index (κ1) is 22.7. The molecule has 172 valence electrons. The molecule has 2 aromatic rings. The Morgan fingerprint density at radius 1 is 1.19 bits per heavy atom. The summed E-state index contributed by atoms with van der Waals surface area (Å²) in [6.07, 6.45) is 2.02. The Labute approximate surface area is 187 Å². The van der Waals surface area contributed by atoms with Gasteiger partial charge >= 0.3 is 0 Å². The van der Waals surface area contributed by atoms with Crippen LogP contribution in [0.5, 0.6) is 0 Å². The van der Waals surface area contributed by atoms with Crippen molar-refractivity contribution in [2.75, 3.05) is 20.3 Å². The molecule has 32 heavy (non-hydrogen) atoms. The fourth-order valence-electron chi connectivity index (χ4n) is 4.57. The molecular formula is C23H27F2N3O3S. The van der Waals surface area contributed by atoms with E-state index in [1.807, 2.05) is 19.1 Å². The second kappa shape index (κ2) is 7.81. The summed E-state index contributed by atoms with van der Waals surface area (Å²) in [5.74, 6) is -2.01. The number of hydrogen-bond acceptors (Lipinski definition) is 4. The molecule has 9 heteroatoms. The Hall–Kier alpha value is -2.52. The molecule has 1 saturated heterocycles. The van der Waals surface area contributed by atoms with Gasteiger partial charge in [0.25, 0.3) is 0 Å². The van der Waals surface area contributed by atoms with Crippen molar-refractivity contribution in [2.24, 2.45) is 0 Å². The van der Waals surface area contributed by atoms with Gasteiger partial charge in [0.05, 0.1) is 12.1 Å². The summed E-state index contributed by atoms with van der Waals surface area (Å²) in [6.45, 7) is 4.72. The number of guanidine groups is 1. The molecule has 0 radical (unpaired) electrons. The van der Waals surface area contributed by atoms with Crippen LogP contribution in [-0.4, -0.2) is 38.9 Å². The third-order valence-electron chi connectivity index (χ3n) is 6.65. The summed E-state index contributed by atoms with van der Waals surface area (Å²) < 4.78 is 61.8. The second-order valence-corrected chi connectivity index (χ2v) is 10.8. The molecule has 2 aliphatic rings. The van der Waals surface area contributed by atoms with Gasteiger partial charge in [0.15, 0.2) is 0 Å². The fourth-order valence-corrected chi connectivity index (χ4v) is 6.47. The molecule has 2 fully saturated rings. The third kappa shape index (κ3) is 3.57. The highest BCUT2D eigenvalue weighted by atomic mass is 32.2. The van der Waals surface area contributed by atoms with Crippen molar-refractivity contribution in [3.8, 4) is 0 Å². The van der Waals surface area contributed by atoms with E-state index in [4.69, 9.17) is 10.1 Å². The Bertz CT molecular complexity index is 1150. The van der Waals surface area contributed by atoms with E-state index in [1.54, 1.807) is 12.1 Å². The Morgan fingerprint density at radius 3 is 2.41 bits per heavy atom. The first-order valence-corrected chi connectivity index (χ1v) is 12.0. The fraction of sp³-hybridized carbons (Fsp3) is 0.435. The number of ether oxygens (including phenoxy) is 1. The van der Waals surface area contributed by atoms with E-state index in [0.717, 1.165) is 34.8 Å². The van der Waals surface area contributed by atoms with Crippen LogP contribution in [0.15, 0.2) is 42.5 Å². The predicted octanol–water partition coefficient (Wildman–Crippen LogP) is 3.79. The highest BCUT2D eigenvalue weighted by Crippen LogP contribution is 2.50. The smallest absolute Gasteiger partial charge is 0.246 e. The first-order valence-electron chi connectivity index (χ1n) is 10.5. The molecule has 0 spiro atoms. The van der Waals surface area contributed by atoms with Crippen LogP contribution in [0.2, 0.25) is 0 Å².